The molecule has 33 rings (SSSR count). The molecule has 33 aliphatic rings. The van der Waals surface area contributed by atoms with Crippen molar-refractivity contribution >= 4 is 53.7 Å². The standard InChI is InChI=1S/C22H28O5.C21H28O5.C21H30O4.C17H22O3.C16H20O3.C10H14O3.C9H12O3/c1-11(2)19(23)26-21-6-12-3-13(7-21)9-22(8-12,10-21)27-20(24)16-5-14-4-15(16)18-17(14)25-18;1-12(2)18(22)25-20-7-13-5-14(8-20)10-21(9-13,11-20)26-19(23)15-3-4-16-17(6-15)24-16;1-13(2)19(22)25-21-9-15-5-16(10-21)8-20(7-15,12-21)23-11-14-3-4-17-18(6-14)24-17;1-7(2)17(18)19-6-9-3-8-4-10(9)14-12-5-11(13(8)14)15-16(12)20-15;1-6(2)16(17)18-11-4-7-3-8(11)13-10-5-9(12(7)13)14-15(10)19-14;1-6(2)10(11)12-5-7-3-4-8-9(7)13-8;1-5(2)9(10)12-7-4-3-6-8(7)11-6/h12-18H,1,3-10H2,2H3;13-17H,1,3-11H2,2H3;14-18H,1,3-12H2,2H3;8-16H,1,3-6H2,2H3;7-15H,1,3-5H2,2H3;7-9H,1,3-5H2,2H3;6-8H,1,3-4H2,2H3. The molecule has 7 aliphatic heterocycles. The van der Waals surface area contributed by atoms with E-state index in [1.807, 2.05) is 0 Å². The smallest absolute Gasteiger partial charge is 0.333 e. The van der Waals surface area contributed by atoms with Crippen LogP contribution in [-0.2, 0) is 124 Å². The second kappa shape index (κ2) is 36.2. The molecule has 22 bridgehead atoms. The van der Waals surface area contributed by atoms with Gasteiger partial charge in [0.05, 0.1) is 117 Å². The zero-order valence-electron chi connectivity index (χ0n) is 84.8. The Morgan fingerprint density at radius 1 is 0.268 bits per heavy atom. The summed E-state index contributed by atoms with van der Waals surface area (Å²) in [6, 6.07) is 0. The fourth-order valence-electron chi connectivity index (χ4n) is 37.0. The summed E-state index contributed by atoms with van der Waals surface area (Å²) in [6.07, 6.45) is 44.4. The fraction of sp³-hybridized carbons (Fsp3) is 0.802. The third-order valence-electron chi connectivity index (χ3n) is 41.6. The number of hydrogen-bond donors (Lipinski definition) is 0. The number of rotatable bonds is 23. The first kappa shape index (κ1) is 97.2. The molecule has 33 fully saturated rings. The third-order valence-corrected chi connectivity index (χ3v) is 41.6. The summed E-state index contributed by atoms with van der Waals surface area (Å²) < 4.78 is 97.7. The van der Waals surface area contributed by atoms with Gasteiger partial charge in [0.2, 0.25) is 0 Å². The minimum absolute atomic E-state index is 0.0141. The Labute approximate surface area is 836 Å². The monoisotopic (exact) mass is 1960 g/mol. The Bertz CT molecular complexity index is 5130. The van der Waals surface area contributed by atoms with E-state index in [1.54, 1.807) is 48.5 Å². The fourth-order valence-corrected chi connectivity index (χ4v) is 37.0. The highest BCUT2D eigenvalue weighted by molar-refractivity contribution is 5.90. The maximum absolute atomic E-state index is 13.1. The maximum Gasteiger partial charge on any atom is 0.333 e. The van der Waals surface area contributed by atoms with Crippen LogP contribution in [0.1, 0.15) is 280 Å². The van der Waals surface area contributed by atoms with Gasteiger partial charge in [0, 0.05) is 70.1 Å². The minimum atomic E-state index is -0.461. The summed E-state index contributed by atoms with van der Waals surface area (Å²) in [4.78, 5) is 108. The molecule has 26 nitrogen and oxygen atoms in total. The number of ether oxygens (including phenoxy) is 17. The van der Waals surface area contributed by atoms with E-state index < -0.39 is 22.4 Å². The van der Waals surface area contributed by atoms with Gasteiger partial charge in [-0.3, -0.25) is 9.59 Å². The number of carbonyl (C=O) groups excluding carboxylic acids is 9. The van der Waals surface area contributed by atoms with E-state index in [4.69, 9.17) is 80.5 Å². The molecule has 774 valence electrons. The number of hydrogen-bond acceptors (Lipinski definition) is 26. The van der Waals surface area contributed by atoms with Crippen LogP contribution < -0.4 is 0 Å². The zero-order valence-corrected chi connectivity index (χ0v) is 84.8. The second-order valence-corrected chi connectivity index (χ2v) is 52.3. The van der Waals surface area contributed by atoms with Gasteiger partial charge in [0.1, 0.15) is 46.3 Å². The summed E-state index contributed by atoms with van der Waals surface area (Å²) in [7, 11) is 0. The van der Waals surface area contributed by atoms with Crippen molar-refractivity contribution in [1.29, 1.82) is 0 Å². The molecule has 0 aromatic rings. The molecule has 41 unspecified atom stereocenters. The molecule has 0 N–H and O–H groups in total. The van der Waals surface area contributed by atoms with E-state index in [1.165, 1.54) is 70.6 Å². The number of esters is 9. The van der Waals surface area contributed by atoms with Crippen LogP contribution >= 0.6 is 0 Å². The molecule has 26 heteroatoms. The quantitative estimate of drug-likeness (QED) is 0.0301. The van der Waals surface area contributed by atoms with Crippen LogP contribution in [0.15, 0.2) is 85.1 Å². The van der Waals surface area contributed by atoms with Crippen LogP contribution in [0.5, 0.6) is 0 Å². The Hall–Kier alpha value is -6.91. The normalized spacial score (nSPS) is 49.8. The third kappa shape index (κ3) is 18.5. The summed E-state index contributed by atoms with van der Waals surface area (Å²) in [5, 5.41) is 0. The molecular weight excluding hydrogens is 1810 g/mol. The van der Waals surface area contributed by atoms with Gasteiger partial charge in [-0.15, -0.1) is 0 Å². The first-order chi connectivity index (χ1) is 67.8. The molecule has 0 spiro atoms. The molecule has 7 saturated heterocycles. The van der Waals surface area contributed by atoms with Crippen molar-refractivity contribution < 1.29 is 124 Å². The number of fused-ring (bicyclic) bond motifs is 33. The van der Waals surface area contributed by atoms with Crippen LogP contribution in [0.25, 0.3) is 0 Å². The van der Waals surface area contributed by atoms with Gasteiger partial charge in [-0.05, 0) is 385 Å². The SMILES string of the molecule is C=C(C)C(=O)OC12CC3CC(C1)CC(OC(=O)C1CC4CC1C1OC41)(C3)C2.C=C(C)C(=O)OC12CC3CC(C1)CC(OC(=O)C1CCC4OC4C1)(C3)C2.C=C(C)C(=O)OC12CC3CC(CC(OCC4CCC5OC5C4)(C3)C1)C2.C=C(C)C(=O)OC1CC2CC1C1C3CC(C4OC34)C21.C=C(C)C(=O)OC1CCC2OC12.C=C(C)C(=O)OCC1CC2CC1C1C3CC(C4OC34)C21.C=C(C)C(=O)OCC1CCC2OC12. The predicted molar refractivity (Wildman–Crippen MR) is 512 cm³/mol. The van der Waals surface area contributed by atoms with Gasteiger partial charge in [0.15, 0.2) is 0 Å². The van der Waals surface area contributed by atoms with Gasteiger partial charge >= 0.3 is 53.7 Å². The number of carbonyl (C=O) groups is 9. The van der Waals surface area contributed by atoms with E-state index >= 15 is 0 Å². The Morgan fingerprint density at radius 2 is 0.662 bits per heavy atom. The molecule has 26 saturated carbocycles. The molecular formula is C116H154O26. The lowest BCUT2D eigenvalue weighted by Gasteiger charge is -2.60. The summed E-state index contributed by atoms with van der Waals surface area (Å²) >= 11 is 0. The molecule has 0 amide bonds. The Kier molecular flexibility index (Phi) is 24.8. The summed E-state index contributed by atoms with van der Waals surface area (Å²) in [6.45, 7) is 39.5. The van der Waals surface area contributed by atoms with E-state index in [0.29, 0.717) is 209 Å². The molecule has 0 aromatic heterocycles. The van der Waals surface area contributed by atoms with Crippen molar-refractivity contribution in [1.82, 2.24) is 0 Å². The van der Waals surface area contributed by atoms with Gasteiger partial charge in [-0.1, -0.05) is 46.1 Å². The Balaban J connectivity index is 0.0000000909. The highest BCUT2D eigenvalue weighted by Gasteiger charge is 2.77. The maximum atomic E-state index is 13.1. The van der Waals surface area contributed by atoms with Crippen LogP contribution in [0, 0.1) is 148 Å². The van der Waals surface area contributed by atoms with Gasteiger partial charge in [-0.25, -0.2) is 33.6 Å². The average Bonchev–Trinajstić information content (AvgIpc) is 1.50. The van der Waals surface area contributed by atoms with Crippen LogP contribution in [0.4, 0.5) is 0 Å². The van der Waals surface area contributed by atoms with E-state index in [0.717, 1.165) is 219 Å². The van der Waals surface area contributed by atoms with Crippen molar-refractivity contribution in [3.8, 4) is 0 Å². The van der Waals surface area contributed by atoms with Gasteiger partial charge < -0.3 is 80.5 Å². The lowest BCUT2D eigenvalue weighted by atomic mass is 9.52. The zero-order chi connectivity index (χ0) is 98.5. The summed E-state index contributed by atoms with van der Waals surface area (Å²) in [5.74, 6) is 13.9. The lowest BCUT2D eigenvalue weighted by Crippen LogP contribution is -2.62. The largest absolute Gasteiger partial charge is 0.462 e. The van der Waals surface area contributed by atoms with Crippen molar-refractivity contribution in [2.45, 2.75) is 411 Å². The van der Waals surface area contributed by atoms with Crippen LogP contribution in [0.3, 0.4) is 0 Å². The molecule has 7 heterocycles. The molecule has 142 heavy (non-hydrogen) atoms. The van der Waals surface area contributed by atoms with Crippen LogP contribution in [0.2, 0.25) is 0 Å². The molecule has 26 aliphatic carbocycles. The van der Waals surface area contributed by atoms with Crippen molar-refractivity contribution in [3.05, 3.63) is 85.1 Å². The van der Waals surface area contributed by atoms with Gasteiger partial charge in [0.25, 0.3) is 0 Å². The highest BCUT2D eigenvalue weighted by atomic mass is 16.6. The predicted octanol–water partition coefficient (Wildman–Crippen LogP) is 17.1. The van der Waals surface area contributed by atoms with Crippen molar-refractivity contribution in [2.75, 3.05) is 19.8 Å². The van der Waals surface area contributed by atoms with E-state index in [2.05, 4.69) is 46.1 Å². The number of epoxide rings is 7. The van der Waals surface area contributed by atoms with Crippen molar-refractivity contribution in [2.24, 2.45) is 148 Å². The molecule has 0 radical (unpaired) electrons. The molecule has 41 atom stereocenters. The first-order valence-electron chi connectivity index (χ1n) is 55.5. The second-order valence-electron chi connectivity index (χ2n) is 52.3. The minimum Gasteiger partial charge on any atom is -0.462 e. The topological polar surface area (TPSA) is 334 Å². The first-order valence-corrected chi connectivity index (χ1v) is 55.5. The summed E-state index contributed by atoms with van der Waals surface area (Å²) in [5.41, 5.74) is 1.22. The Morgan fingerprint density at radius 3 is 1.11 bits per heavy atom. The molecule has 0 aromatic carbocycles. The van der Waals surface area contributed by atoms with E-state index in [-0.39, 0.29) is 101 Å². The highest BCUT2D eigenvalue weighted by Crippen LogP contribution is 2.75. The average molecular weight is 1960 g/mol. The van der Waals surface area contributed by atoms with E-state index in [9.17, 15) is 43.2 Å². The van der Waals surface area contributed by atoms with Crippen LogP contribution in [-0.4, -0.2) is 205 Å². The van der Waals surface area contributed by atoms with Crippen molar-refractivity contribution in [3.63, 3.8) is 0 Å². The van der Waals surface area contributed by atoms with Gasteiger partial charge in [-0.2, -0.15) is 0 Å². The lowest BCUT2D eigenvalue weighted by molar-refractivity contribution is -0.235.